The Balaban J connectivity index is 2.12. The molecule has 0 atom stereocenters. The topological polar surface area (TPSA) is 39.7 Å². The maximum absolute atomic E-state index is 5.28. The largest absolute Gasteiger partial charge is 0.497 e. The Morgan fingerprint density at radius 2 is 1.43 bits per heavy atom. The van der Waals surface area contributed by atoms with Gasteiger partial charge in [-0.3, -0.25) is 0 Å². The van der Waals surface area contributed by atoms with Crippen LogP contribution < -0.4 is 19.5 Å². The van der Waals surface area contributed by atoms with Crippen LogP contribution in [0.2, 0.25) is 0 Å². The summed E-state index contributed by atoms with van der Waals surface area (Å²) in [5.74, 6) is 2.44. The second kappa shape index (κ2) is 6.88. The first-order valence-electron chi connectivity index (χ1n) is 6.76. The highest BCUT2D eigenvalue weighted by Crippen LogP contribution is 2.25. The van der Waals surface area contributed by atoms with Gasteiger partial charge in [0.15, 0.2) is 0 Å². The molecule has 0 unspecified atom stereocenters. The molecule has 4 heteroatoms. The quantitative estimate of drug-likeness (QED) is 0.880. The van der Waals surface area contributed by atoms with Gasteiger partial charge in [0.25, 0.3) is 0 Å². The molecule has 0 aromatic heterocycles. The van der Waals surface area contributed by atoms with Crippen molar-refractivity contribution in [3.05, 3.63) is 47.5 Å². The zero-order valence-electron chi connectivity index (χ0n) is 12.9. The number of aryl methyl sites for hydroxylation is 1. The van der Waals surface area contributed by atoms with E-state index < -0.39 is 0 Å². The number of rotatable bonds is 6. The van der Waals surface area contributed by atoms with E-state index in [1.54, 1.807) is 21.3 Å². The molecule has 0 aliphatic rings. The van der Waals surface area contributed by atoms with Crippen molar-refractivity contribution in [1.29, 1.82) is 0 Å². The van der Waals surface area contributed by atoms with E-state index in [4.69, 9.17) is 14.2 Å². The van der Waals surface area contributed by atoms with Gasteiger partial charge in [-0.05, 0) is 48.4 Å². The van der Waals surface area contributed by atoms with Gasteiger partial charge in [-0.2, -0.15) is 0 Å². The molecule has 0 heterocycles. The Kier molecular flexibility index (Phi) is 4.93. The van der Waals surface area contributed by atoms with Crippen LogP contribution in [-0.2, 0) is 6.54 Å². The van der Waals surface area contributed by atoms with E-state index in [1.807, 2.05) is 36.4 Å². The lowest BCUT2D eigenvalue weighted by Gasteiger charge is -2.12. The summed E-state index contributed by atoms with van der Waals surface area (Å²) in [5.41, 5.74) is 3.32. The number of methoxy groups -OCH3 is 3. The van der Waals surface area contributed by atoms with E-state index in [1.165, 1.54) is 0 Å². The molecule has 0 radical (unpaired) electrons. The molecule has 112 valence electrons. The van der Waals surface area contributed by atoms with Crippen molar-refractivity contribution in [3.63, 3.8) is 0 Å². The molecule has 0 fully saturated rings. The number of benzene rings is 2. The standard InChI is InChI=1S/C17H21NO3/c1-12-7-14(19-2)5-6-17(12)18-11-13-8-15(20-3)10-16(9-13)21-4/h5-10,18H,11H2,1-4H3. The van der Waals surface area contributed by atoms with Gasteiger partial charge in [0.2, 0.25) is 0 Å². The van der Waals surface area contributed by atoms with E-state index in [-0.39, 0.29) is 0 Å². The molecule has 0 bridgehead atoms. The summed E-state index contributed by atoms with van der Waals surface area (Å²) in [6, 6.07) is 11.8. The highest BCUT2D eigenvalue weighted by molar-refractivity contribution is 5.54. The third-order valence-corrected chi connectivity index (χ3v) is 3.33. The number of ether oxygens (including phenoxy) is 3. The summed E-state index contributed by atoms with van der Waals surface area (Å²) < 4.78 is 15.8. The Morgan fingerprint density at radius 3 is 1.95 bits per heavy atom. The molecule has 0 spiro atoms. The zero-order chi connectivity index (χ0) is 15.2. The van der Waals surface area contributed by atoms with Crippen LogP contribution in [0, 0.1) is 6.92 Å². The minimum absolute atomic E-state index is 0.695. The highest BCUT2D eigenvalue weighted by Gasteiger charge is 2.04. The van der Waals surface area contributed by atoms with Crippen LogP contribution in [0.4, 0.5) is 5.69 Å². The van der Waals surface area contributed by atoms with Gasteiger partial charge in [0.1, 0.15) is 17.2 Å². The molecule has 0 saturated carbocycles. The fourth-order valence-electron chi connectivity index (χ4n) is 2.13. The van der Waals surface area contributed by atoms with Crippen LogP contribution >= 0.6 is 0 Å². The molecule has 0 saturated heterocycles. The predicted octanol–water partition coefficient (Wildman–Crippen LogP) is 3.63. The maximum atomic E-state index is 5.28. The Morgan fingerprint density at radius 1 is 0.810 bits per heavy atom. The summed E-state index contributed by atoms with van der Waals surface area (Å²) >= 11 is 0. The van der Waals surface area contributed by atoms with E-state index in [2.05, 4.69) is 12.2 Å². The molecule has 0 aliphatic carbocycles. The first kappa shape index (κ1) is 15.0. The summed E-state index contributed by atoms with van der Waals surface area (Å²) in [6.45, 7) is 2.75. The number of hydrogen-bond acceptors (Lipinski definition) is 4. The third-order valence-electron chi connectivity index (χ3n) is 3.33. The minimum atomic E-state index is 0.695. The normalized spacial score (nSPS) is 10.1. The zero-order valence-corrected chi connectivity index (χ0v) is 12.9. The van der Waals surface area contributed by atoms with E-state index >= 15 is 0 Å². The van der Waals surface area contributed by atoms with Crippen LogP contribution in [0.1, 0.15) is 11.1 Å². The monoisotopic (exact) mass is 287 g/mol. The minimum Gasteiger partial charge on any atom is -0.497 e. The van der Waals surface area contributed by atoms with Crippen molar-refractivity contribution in [2.75, 3.05) is 26.6 Å². The van der Waals surface area contributed by atoms with E-state index in [0.717, 1.165) is 34.1 Å². The predicted molar refractivity (Wildman–Crippen MR) is 84.6 cm³/mol. The summed E-state index contributed by atoms with van der Waals surface area (Å²) in [4.78, 5) is 0. The van der Waals surface area contributed by atoms with Gasteiger partial charge in [0, 0.05) is 18.3 Å². The second-order valence-corrected chi connectivity index (χ2v) is 4.76. The molecule has 2 aromatic rings. The first-order valence-corrected chi connectivity index (χ1v) is 6.76. The average Bonchev–Trinajstić information content (AvgIpc) is 2.53. The summed E-state index contributed by atoms with van der Waals surface area (Å²) in [7, 11) is 4.98. The molecule has 0 aliphatic heterocycles. The number of anilines is 1. The Bertz CT molecular complexity index is 589. The lowest BCUT2D eigenvalue weighted by molar-refractivity contribution is 0.393. The lowest BCUT2D eigenvalue weighted by Crippen LogP contribution is -2.02. The van der Waals surface area contributed by atoms with Crippen molar-refractivity contribution in [1.82, 2.24) is 0 Å². The fourth-order valence-corrected chi connectivity index (χ4v) is 2.13. The van der Waals surface area contributed by atoms with Gasteiger partial charge in [-0.15, -0.1) is 0 Å². The average molecular weight is 287 g/mol. The highest BCUT2D eigenvalue weighted by atomic mass is 16.5. The van der Waals surface area contributed by atoms with Crippen molar-refractivity contribution >= 4 is 5.69 Å². The van der Waals surface area contributed by atoms with Crippen LogP contribution in [0.3, 0.4) is 0 Å². The number of nitrogens with one attached hydrogen (secondary N) is 1. The third kappa shape index (κ3) is 3.81. The molecule has 21 heavy (non-hydrogen) atoms. The first-order chi connectivity index (χ1) is 10.2. The van der Waals surface area contributed by atoms with Gasteiger partial charge in [-0.25, -0.2) is 0 Å². The SMILES string of the molecule is COc1cc(CNc2ccc(OC)cc2C)cc(OC)c1. The van der Waals surface area contributed by atoms with Gasteiger partial charge in [-0.1, -0.05) is 0 Å². The summed E-state index contributed by atoms with van der Waals surface area (Å²) in [5, 5.41) is 3.42. The Labute approximate surface area is 125 Å². The summed E-state index contributed by atoms with van der Waals surface area (Å²) in [6.07, 6.45) is 0. The smallest absolute Gasteiger partial charge is 0.122 e. The molecular formula is C17H21NO3. The van der Waals surface area contributed by atoms with Crippen molar-refractivity contribution in [2.24, 2.45) is 0 Å². The second-order valence-electron chi connectivity index (χ2n) is 4.76. The van der Waals surface area contributed by atoms with Crippen molar-refractivity contribution < 1.29 is 14.2 Å². The van der Waals surface area contributed by atoms with Crippen molar-refractivity contribution in [3.8, 4) is 17.2 Å². The van der Waals surface area contributed by atoms with Crippen LogP contribution in [0.5, 0.6) is 17.2 Å². The fraction of sp³-hybridized carbons (Fsp3) is 0.294. The van der Waals surface area contributed by atoms with Crippen LogP contribution in [0.25, 0.3) is 0 Å². The molecule has 0 amide bonds. The molecule has 2 aromatic carbocycles. The molecule has 4 nitrogen and oxygen atoms in total. The molecular weight excluding hydrogens is 266 g/mol. The van der Waals surface area contributed by atoms with Crippen LogP contribution in [0.15, 0.2) is 36.4 Å². The van der Waals surface area contributed by atoms with Gasteiger partial charge >= 0.3 is 0 Å². The van der Waals surface area contributed by atoms with Gasteiger partial charge < -0.3 is 19.5 Å². The number of hydrogen-bond donors (Lipinski definition) is 1. The van der Waals surface area contributed by atoms with Crippen LogP contribution in [-0.4, -0.2) is 21.3 Å². The molecule has 2 rings (SSSR count). The lowest BCUT2D eigenvalue weighted by atomic mass is 10.1. The van der Waals surface area contributed by atoms with Crippen molar-refractivity contribution in [2.45, 2.75) is 13.5 Å². The van der Waals surface area contributed by atoms with E-state index in [0.29, 0.717) is 6.54 Å². The molecule has 1 N–H and O–H groups in total. The van der Waals surface area contributed by atoms with Gasteiger partial charge in [0.05, 0.1) is 21.3 Å². The maximum Gasteiger partial charge on any atom is 0.122 e. The van der Waals surface area contributed by atoms with E-state index in [9.17, 15) is 0 Å². The Hall–Kier alpha value is -2.36.